The van der Waals surface area contributed by atoms with Crippen molar-refractivity contribution in [3.05, 3.63) is 0 Å². The van der Waals surface area contributed by atoms with Crippen LogP contribution in [0.4, 0.5) is 0 Å². The molecule has 0 spiro atoms. The lowest BCUT2D eigenvalue weighted by Crippen LogP contribution is -2.17. The standard InChI is InChI=1S/C6H11N3OS/c1-2-10-5(7)9-6-8-3-4-11-6/h2-4H2,1H3,(H2,7,8,9). The molecule has 0 aromatic rings. The Bertz CT molecular complexity index is 190. The number of aliphatic imine (C=N–C) groups is 2. The Hall–Kier alpha value is -0.710. The Morgan fingerprint density at radius 2 is 2.73 bits per heavy atom. The highest BCUT2D eigenvalue weighted by molar-refractivity contribution is 8.14. The monoisotopic (exact) mass is 173 g/mol. The van der Waals surface area contributed by atoms with Gasteiger partial charge in [-0.3, -0.25) is 4.99 Å². The molecule has 0 unspecified atom stereocenters. The zero-order valence-corrected chi connectivity index (χ0v) is 7.23. The molecule has 0 aliphatic carbocycles. The first-order valence-electron chi connectivity index (χ1n) is 3.47. The number of hydrogen-bond donors (Lipinski definition) is 1. The van der Waals surface area contributed by atoms with Crippen molar-refractivity contribution in [2.45, 2.75) is 6.92 Å². The summed E-state index contributed by atoms with van der Waals surface area (Å²) in [6, 6.07) is 0.209. The van der Waals surface area contributed by atoms with Gasteiger partial charge in [-0.25, -0.2) is 0 Å². The molecule has 1 aliphatic rings. The molecule has 0 fully saturated rings. The first-order chi connectivity index (χ1) is 5.33. The zero-order chi connectivity index (χ0) is 8.10. The Balaban J connectivity index is 2.42. The van der Waals surface area contributed by atoms with E-state index in [0.29, 0.717) is 6.61 Å². The van der Waals surface area contributed by atoms with Crippen molar-refractivity contribution in [3.8, 4) is 0 Å². The fraction of sp³-hybridized carbons (Fsp3) is 0.667. The van der Waals surface area contributed by atoms with Crippen LogP contribution in [0.25, 0.3) is 0 Å². The van der Waals surface area contributed by atoms with Crippen molar-refractivity contribution in [3.63, 3.8) is 0 Å². The summed E-state index contributed by atoms with van der Waals surface area (Å²) in [5.41, 5.74) is 5.40. The molecule has 0 amide bonds. The molecule has 0 radical (unpaired) electrons. The molecular formula is C6H11N3OS. The number of hydrogen-bond acceptors (Lipinski definition) is 4. The topological polar surface area (TPSA) is 60.0 Å². The van der Waals surface area contributed by atoms with Gasteiger partial charge >= 0.3 is 0 Å². The summed E-state index contributed by atoms with van der Waals surface area (Å²) in [6.07, 6.45) is 0. The van der Waals surface area contributed by atoms with Crippen molar-refractivity contribution in [1.82, 2.24) is 0 Å². The number of thioether (sulfide) groups is 1. The van der Waals surface area contributed by atoms with Crippen LogP contribution in [0.2, 0.25) is 0 Å². The average molecular weight is 173 g/mol. The summed E-state index contributed by atoms with van der Waals surface area (Å²) in [5, 5.41) is 0.732. The van der Waals surface area contributed by atoms with Gasteiger partial charge in [0.05, 0.1) is 13.2 Å². The van der Waals surface area contributed by atoms with E-state index >= 15 is 0 Å². The van der Waals surface area contributed by atoms with E-state index in [2.05, 4.69) is 9.98 Å². The van der Waals surface area contributed by atoms with E-state index in [4.69, 9.17) is 10.5 Å². The fourth-order valence-electron chi connectivity index (χ4n) is 0.666. The predicted octanol–water partition coefficient (Wildman–Crippen LogP) is 0.440. The highest BCUT2D eigenvalue weighted by atomic mass is 32.2. The highest BCUT2D eigenvalue weighted by Gasteiger charge is 2.05. The summed E-state index contributed by atoms with van der Waals surface area (Å²) >= 11 is 1.60. The molecule has 1 heterocycles. The third-order valence-corrected chi connectivity index (χ3v) is 1.93. The second-order valence-corrected chi connectivity index (χ2v) is 2.96. The largest absolute Gasteiger partial charge is 0.465 e. The van der Waals surface area contributed by atoms with Crippen molar-refractivity contribution in [1.29, 1.82) is 0 Å². The van der Waals surface area contributed by atoms with E-state index < -0.39 is 0 Å². The van der Waals surface area contributed by atoms with Gasteiger partial charge in [-0.1, -0.05) is 11.8 Å². The fourth-order valence-corrected chi connectivity index (χ4v) is 1.37. The van der Waals surface area contributed by atoms with E-state index in [9.17, 15) is 0 Å². The second-order valence-electron chi connectivity index (χ2n) is 1.90. The minimum atomic E-state index is 0.209. The molecule has 0 atom stereocenters. The normalized spacial score (nSPS) is 18.3. The van der Waals surface area contributed by atoms with E-state index in [0.717, 1.165) is 17.5 Å². The molecule has 1 rings (SSSR count). The minimum absolute atomic E-state index is 0.209. The lowest BCUT2D eigenvalue weighted by molar-refractivity contribution is 0.323. The molecular weight excluding hydrogens is 162 g/mol. The Labute approximate surface area is 69.9 Å². The van der Waals surface area contributed by atoms with E-state index in [-0.39, 0.29) is 6.02 Å². The molecule has 0 saturated heterocycles. The SMILES string of the molecule is CCO/C(N)=N/C1=NCCS1. The van der Waals surface area contributed by atoms with Crippen LogP contribution in [0.3, 0.4) is 0 Å². The van der Waals surface area contributed by atoms with Crippen molar-refractivity contribution in [2.75, 3.05) is 18.9 Å². The smallest absolute Gasteiger partial charge is 0.289 e. The van der Waals surface area contributed by atoms with Gasteiger partial charge < -0.3 is 10.5 Å². The molecule has 0 aromatic heterocycles. The second kappa shape index (κ2) is 4.23. The Morgan fingerprint density at radius 3 is 3.27 bits per heavy atom. The van der Waals surface area contributed by atoms with Crippen LogP contribution < -0.4 is 5.73 Å². The molecule has 1 aliphatic heterocycles. The van der Waals surface area contributed by atoms with Crippen molar-refractivity contribution in [2.24, 2.45) is 15.7 Å². The van der Waals surface area contributed by atoms with Crippen molar-refractivity contribution >= 4 is 23.0 Å². The van der Waals surface area contributed by atoms with Crippen molar-refractivity contribution < 1.29 is 4.74 Å². The van der Waals surface area contributed by atoms with Crippen LogP contribution in [-0.4, -0.2) is 30.1 Å². The molecule has 0 bridgehead atoms. The van der Waals surface area contributed by atoms with Crippen LogP contribution in [0, 0.1) is 0 Å². The number of amidine groups is 2. The molecule has 2 N–H and O–H groups in total. The molecule has 0 saturated carbocycles. The number of ether oxygens (including phenoxy) is 1. The van der Waals surface area contributed by atoms with Gasteiger partial charge in [0, 0.05) is 5.75 Å². The third-order valence-electron chi connectivity index (χ3n) is 1.07. The lowest BCUT2D eigenvalue weighted by Gasteiger charge is -1.98. The maximum Gasteiger partial charge on any atom is 0.289 e. The molecule has 62 valence electrons. The third kappa shape index (κ3) is 2.80. The Kier molecular flexibility index (Phi) is 3.22. The summed E-state index contributed by atoms with van der Waals surface area (Å²) in [6.45, 7) is 3.25. The van der Waals surface area contributed by atoms with E-state index in [1.54, 1.807) is 11.8 Å². The number of rotatable bonds is 1. The van der Waals surface area contributed by atoms with Gasteiger partial charge in [0.2, 0.25) is 0 Å². The van der Waals surface area contributed by atoms with Gasteiger partial charge in [-0.15, -0.1) is 0 Å². The van der Waals surface area contributed by atoms with Crippen LogP contribution in [-0.2, 0) is 4.74 Å². The van der Waals surface area contributed by atoms with Gasteiger partial charge in [-0.2, -0.15) is 4.99 Å². The number of nitrogens with zero attached hydrogens (tertiary/aromatic N) is 2. The van der Waals surface area contributed by atoms with Gasteiger partial charge in [-0.05, 0) is 6.92 Å². The van der Waals surface area contributed by atoms with Crippen LogP contribution >= 0.6 is 11.8 Å². The van der Waals surface area contributed by atoms with E-state index in [1.807, 2.05) is 6.92 Å². The van der Waals surface area contributed by atoms with Gasteiger partial charge in [0.15, 0.2) is 5.17 Å². The summed E-state index contributed by atoms with van der Waals surface area (Å²) in [7, 11) is 0. The van der Waals surface area contributed by atoms with Gasteiger partial charge in [0.25, 0.3) is 6.02 Å². The maximum absolute atomic E-state index is 5.40. The first kappa shape index (κ1) is 8.39. The predicted molar refractivity (Wildman–Crippen MR) is 48.0 cm³/mol. The van der Waals surface area contributed by atoms with Crippen LogP contribution in [0.1, 0.15) is 6.92 Å². The van der Waals surface area contributed by atoms with Gasteiger partial charge in [0.1, 0.15) is 0 Å². The lowest BCUT2D eigenvalue weighted by atomic mass is 10.8. The minimum Gasteiger partial charge on any atom is -0.465 e. The highest BCUT2D eigenvalue weighted by Crippen LogP contribution is 2.11. The summed E-state index contributed by atoms with van der Waals surface area (Å²) < 4.78 is 4.94. The molecule has 0 aromatic carbocycles. The zero-order valence-electron chi connectivity index (χ0n) is 6.41. The Morgan fingerprint density at radius 1 is 1.91 bits per heavy atom. The van der Waals surface area contributed by atoms with Crippen LogP contribution in [0.5, 0.6) is 0 Å². The summed E-state index contributed by atoms with van der Waals surface area (Å²) in [4.78, 5) is 8.04. The van der Waals surface area contributed by atoms with E-state index in [1.165, 1.54) is 0 Å². The van der Waals surface area contributed by atoms with Crippen LogP contribution in [0.15, 0.2) is 9.98 Å². The molecule has 11 heavy (non-hydrogen) atoms. The average Bonchev–Trinajstić information content (AvgIpc) is 2.40. The number of nitrogens with two attached hydrogens (primary N) is 1. The quantitative estimate of drug-likeness (QED) is 0.462. The molecule has 4 nitrogen and oxygen atoms in total. The summed E-state index contributed by atoms with van der Waals surface area (Å²) in [5.74, 6) is 0.998. The maximum atomic E-state index is 5.40. The molecule has 5 heteroatoms. The first-order valence-corrected chi connectivity index (χ1v) is 4.45.